The number of carbonyl (C=O) groups is 2. The number of rotatable bonds is 6. The maximum Gasteiger partial charge on any atom is 0.245 e. The number of hydrogen-bond donors (Lipinski definition) is 0. The Bertz CT molecular complexity index is 902. The first kappa shape index (κ1) is 27.4. The van der Waals surface area contributed by atoms with Gasteiger partial charge in [-0.1, -0.05) is 44.5 Å². The summed E-state index contributed by atoms with van der Waals surface area (Å²) in [5.74, 6) is 1.05. The Morgan fingerprint density at radius 3 is 2.25 bits per heavy atom. The molecule has 6 heteroatoms. The minimum absolute atomic E-state index is 0.0534. The molecule has 0 spiro atoms. The first-order chi connectivity index (χ1) is 17.0. The lowest BCUT2D eigenvalue weighted by Crippen LogP contribution is -2.56. The van der Waals surface area contributed by atoms with E-state index in [4.69, 9.17) is 11.6 Å². The average molecular weight is 516 g/mol. The highest BCUT2D eigenvalue weighted by atomic mass is 35.5. The highest BCUT2D eigenvalue weighted by Gasteiger charge is 2.45. The fourth-order valence-corrected chi connectivity index (χ4v) is 6.66. The first-order valence-corrected chi connectivity index (χ1v) is 14.5. The van der Waals surface area contributed by atoms with Crippen molar-refractivity contribution in [3.63, 3.8) is 0 Å². The molecule has 2 saturated heterocycles. The van der Waals surface area contributed by atoms with Gasteiger partial charge in [0.05, 0.1) is 0 Å². The summed E-state index contributed by atoms with van der Waals surface area (Å²) in [6.07, 6.45) is 5.99. The minimum atomic E-state index is -0.289. The van der Waals surface area contributed by atoms with Gasteiger partial charge in [0.1, 0.15) is 6.04 Å². The summed E-state index contributed by atoms with van der Waals surface area (Å²) in [5, 5.41) is 0.728. The van der Waals surface area contributed by atoms with E-state index in [1.807, 2.05) is 21.9 Å². The van der Waals surface area contributed by atoms with Gasteiger partial charge in [0.15, 0.2) is 0 Å². The topological polar surface area (TPSA) is 43.9 Å². The third-order valence-electron chi connectivity index (χ3n) is 8.76. The van der Waals surface area contributed by atoms with Crippen LogP contribution in [0, 0.1) is 17.3 Å². The molecule has 200 valence electrons. The van der Waals surface area contributed by atoms with Gasteiger partial charge in [0.2, 0.25) is 11.8 Å². The van der Waals surface area contributed by atoms with Crippen LogP contribution in [0.5, 0.6) is 0 Å². The Balaban J connectivity index is 1.48. The van der Waals surface area contributed by atoms with Crippen LogP contribution in [0.15, 0.2) is 24.3 Å². The predicted molar refractivity (Wildman–Crippen MR) is 147 cm³/mol. The number of piperazine rings is 1. The maximum atomic E-state index is 14.1. The van der Waals surface area contributed by atoms with Gasteiger partial charge in [-0.05, 0) is 87.3 Å². The van der Waals surface area contributed by atoms with Crippen LogP contribution in [0.25, 0.3) is 0 Å². The highest BCUT2D eigenvalue weighted by molar-refractivity contribution is 6.30. The summed E-state index contributed by atoms with van der Waals surface area (Å²) in [7, 11) is 0. The molecule has 1 aliphatic carbocycles. The van der Waals surface area contributed by atoms with Crippen molar-refractivity contribution >= 4 is 23.4 Å². The summed E-state index contributed by atoms with van der Waals surface area (Å²) >= 11 is 6.18. The van der Waals surface area contributed by atoms with Gasteiger partial charge < -0.3 is 9.80 Å². The fourth-order valence-electron chi connectivity index (χ4n) is 6.54. The minimum Gasteiger partial charge on any atom is -0.338 e. The summed E-state index contributed by atoms with van der Waals surface area (Å²) < 4.78 is 0. The highest BCUT2D eigenvalue weighted by Crippen LogP contribution is 2.47. The van der Waals surface area contributed by atoms with E-state index in [9.17, 15) is 9.59 Å². The molecule has 0 aromatic heterocycles. The number of nitrogens with zero attached hydrogens (tertiary/aromatic N) is 3. The van der Waals surface area contributed by atoms with E-state index in [0.717, 1.165) is 63.3 Å². The second-order valence-corrected chi connectivity index (χ2v) is 13.3. The van der Waals surface area contributed by atoms with Crippen LogP contribution < -0.4 is 0 Å². The zero-order valence-electron chi connectivity index (χ0n) is 23.0. The van der Waals surface area contributed by atoms with E-state index in [0.29, 0.717) is 23.9 Å². The summed E-state index contributed by atoms with van der Waals surface area (Å²) in [6.45, 7) is 15.4. The number of hydrogen-bond acceptors (Lipinski definition) is 3. The smallest absolute Gasteiger partial charge is 0.245 e. The maximum absolute atomic E-state index is 14.1. The Kier molecular flexibility index (Phi) is 8.71. The van der Waals surface area contributed by atoms with Crippen LogP contribution in [-0.2, 0) is 9.59 Å². The van der Waals surface area contributed by atoms with E-state index < -0.39 is 0 Å². The Morgan fingerprint density at radius 2 is 1.64 bits per heavy atom. The zero-order valence-corrected chi connectivity index (χ0v) is 23.8. The molecule has 1 aromatic carbocycles. The van der Waals surface area contributed by atoms with Crippen LogP contribution in [-0.4, -0.2) is 71.3 Å². The summed E-state index contributed by atoms with van der Waals surface area (Å²) in [4.78, 5) is 34.1. The number of amides is 2. The van der Waals surface area contributed by atoms with Crippen LogP contribution in [0.4, 0.5) is 0 Å². The first-order valence-electron chi connectivity index (χ1n) is 14.1. The van der Waals surface area contributed by atoms with Crippen LogP contribution in [0.2, 0.25) is 5.02 Å². The molecule has 3 aliphatic rings. The van der Waals surface area contributed by atoms with Gasteiger partial charge in [-0.25, -0.2) is 0 Å². The molecule has 1 unspecified atom stereocenters. The molecule has 5 nitrogen and oxygen atoms in total. The van der Waals surface area contributed by atoms with Gasteiger partial charge in [-0.2, -0.15) is 0 Å². The van der Waals surface area contributed by atoms with Crippen LogP contribution >= 0.6 is 11.6 Å². The molecule has 1 aromatic rings. The lowest BCUT2D eigenvalue weighted by molar-refractivity contribution is -0.147. The second-order valence-electron chi connectivity index (χ2n) is 12.8. The van der Waals surface area contributed by atoms with E-state index in [2.05, 4.69) is 51.7 Å². The van der Waals surface area contributed by atoms with Gasteiger partial charge in [-0.3, -0.25) is 14.5 Å². The second kappa shape index (κ2) is 11.4. The quantitative estimate of drug-likeness (QED) is 0.479. The Hall–Kier alpha value is -1.59. The number of carbonyl (C=O) groups excluding carboxylic acids is 2. The van der Waals surface area contributed by atoms with Crippen molar-refractivity contribution in [1.29, 1.82) is 0 Å². The lowest BCUT2D eigenvalue weighted by Gasteiger charge is -2.39. The van der Waals surface area contributed by atoms with Crippen molar-refractivity contribution in [2.45, 2.75) is 91.1 Å². The monoisotopic (exact) mass is 515 g/mol. The zero-order chi connectivity index (χ0) is 26.0. The number of halogens is 1. The molecule has 2 amide bonds. The van der Waals surface area contributed by atoms with Crippen molar-refractivity contribution in [3.05, 3.63) is 34.9 Å². The molecule has 1 saturated carbocycles. The molecule has 2 aliphatic heterocycles. The van der Waals surface area contributed by atoms with E-state index in [1.54, 1.807) is 0 Å². The molecular weight excluding hydrogens is 470 g/mol. The molecule has 0 radical (unpaired) electrons. The molecule has 0 N–H and O–H groups in total. The van der Waals surface area contributed by atoms with Crippen molar-refractivity contribution in [2.24, 2.45) is 17.3 Å². The van der Waals surface area contributed by atoms with Gasteiger partial charge in [-0.15, -0.1) is 0 Å². The van der Waals surface area contributed by atoms with Gasteiger partial charge >= 0.3 is 0 Å². The summed E-state index contributed by atoms with van der Waals surface area (Å²) in [5.41, 5.74) is 1.51. The molecule has 2 heterocycles. The van der Waals surface area contributed by atoms with Crippen molar-refractivity contribution in [2.75, 3.05) is 32.7 Å². The van der Waals surface area contributed by atoms with Gasteiger partial charge in [0, 0.05) is 49.7 Å². The normalized spacial score (nSPS) is 27.8. The molecule has 4 rings (SSSR count). The predicted octanol–water partition coefficient (Wildman–Crippen LogP) is 5.82. The molecule has 36 heavy (non-hydrogen) atoms. The Labute approximate surface area is 223 Å². The fraction of sp³-hybridized carbons (Fsp3) is 0.733. The van der Waals surface area contributed by atoms with E-state index in [1.165, 1.54) is 12.0 Å². The third kappa shape index (κ3) is 6.45. The van der Waals surface area contributed by atoms with E-state index >= 15 is 0 Å². The van der Waals surface area contributed by atoms with Crippen LogP contribution in [0.3, 0.4) is 0 Å². The molecular formula is C30H46ClN3O2. The van der Waals surface area contributed by atoms with Crippen molar-refractivity contribution < 1.29 is 9.59 Å². The SMILES string of the molecule is CC(C)N1CCN(C(=O)[C@@H]2CCCN2C(=O)[C@@H]2CC(CCC(C)(C)C)C[C@H]2c2ccc(Cl)cc2)CC1. The third-order valence-corrected chi connectivity index (χ3v) is 9.01. The van der Waals surface area contributed by atoms with Crippen LogP contribution in [0.1, 0.15) is 84.6 Å². The van der Waals surface area contributed by atoms with E-state index in [-0.39, 0.29) is 29.7 Å². The summed E-state index contributed by atoms with van der Waals surface area (Å²) in [6, 6.07) is 8.30. The van der Waals surface area contributed by atoms with Crippen molar-refractivity contribution in [1.82, 2.24) is 14.7 Å². The standard InChI is InChI=1S/C30H46ClN3O2/c1-21(2)32-15-17-33(18-16-32)29(36)27-7-6-14-34(27)28(35)26-20-22(12-13-30(3,4)5)19-25(26)23-8-10-24(31)11-9-23/h8-11,21-22,25-27H,6-7,12-20H2,1-5H3/t22?,25-,26+,27-/m0/s1. The lowest BCUT2D eigenvalue weighted by atomic mass is 9.85. The molecule has 0 bridgehead atoms. The van der Waals surface area contributed by atoms with Crippen molar-refractivity contribution in [3.8, 4) is 0 Å². The van der Waals surface area contributed by atoms with Gasteiger partial charge in [0.25, 0.3) is 0 Å². The largest absolute Gasteiger partial charge is 0.338 e. The number of benzene rings is 1. The Morgan fingerprint density at radius 1 is 0.972 bits per heavy atom. The molecule has 3 fully saturated rings. The molecule has 4 atom stereocenters. The average Bonchev–Trinajstić information content (AvgIpc) is 3.50. The number of likely N-dealkylation sites (tertiary alicyclic amines) is 1.